The first-order valence-electron chi connectivity index (χ1n) is 13.8. The van der Waals surface area contributed by atoms with Gasteiger partial charge in [-0.15, -0.1) is 0 Å². The Hall–Kier alpha value is -4.49. The predicted molar refractivity (Wildman–Crippen MR) is 164 cm³/mol. The molecule has 1 aliphatic rings. The molecular weight excluding hydrogens is 530 g/mol. The number of rotatable bonds is 6. The summed E-state index contributed by atoms with van der Waals surface area (Å²) >= 11 is 1.35. The number of hydrogen-bond acceptors (Lipinski definition) is 5. The number of carbonyl (C=O) groups is 1. The lowest BCUT2D eigenvalue weighted by Crippen LogP contribution is -2.39. The van der Waals surface area contributed by atoms with E-state index < -0.39 is 12.0 Å². The molecule has 0 saturated heterocycles. The Bertz CT molecular complexity index is 1990. The number of esters is 1. The summed E-state index contributed by atoms with van der Waals surface area (Å²) in [5, 5.41) is 1.09. The third kappa shape index (κ3) is 4.76. The second kappa shape index (κ2) is 10.8. The average molecular weight is 562 g/mol. The molecule has 0 radical (unpaired) electrons. The van der Waals surface area contributed by atoms with Crippen LogP contribution in [0.3, 0.4) is 0 Å². The highest BCUT2D eigenvalue weighted by atomic mass is 32.1. The van der Waals surface area contributed by atoms with Crippen molar-refractivity contribution in [3.8, 4) is 0 Å². The van der Waals surface area contributed by atoms with Gasteiger partial charge in [-0.3, -0.25) is 9.36 Å². The van der Waals surface area contributed by atoms with Crippen LogP contribution in [0.1, 0.15) is 47.8 Å². The number of aromatic nitrogens is 2. The number of nitrogens with zero attached hydrogens (tertiary/aromatic N) is 3. The van der Waals surface area contributed by atoms with Crippen LogP contribution in [0.25, 0.3) is 17.0 Å². The van der Waals surface area contributed by atoms with Gasteiger partial charge in [0.1, 0.15) is 0 Å². The zero-order valence-electron chi connectivity index (χ0n) is 23.5. The molecule has 1 atom stereocenters. The number of carbonyl (C=O) groups excluding carboxylic acids is 1. The van der Waals surface area contributed by atoms with Crippen molar-refractivity contribution < 1.29 is 9.53 Å². The van der Waals surface area contributed by atoms with Crippen LogP contribution in [-0.2, 0) is 16.1 Å². The van der Waals surface area contributed by atoms with Gasteiger partial charge >= 0.3 is 5.97 Å². The minimum atomic E-state index is -0.617. The van der Waals surface area contributed by atoms with E-state index in [4.69, 9.17) is 9.73 Å². The molecular formula is C34H31N3O3S. The van der Waals surface area contributed by atoms with Crippen LogP contribution >= 0.6 is 11.3 Å². The summed E-state index contributed by atoms with van der Waals surface area (Å²) in [6, 6.07) is 26.0. The van der Waals surface area contributed by atoms with Gasteiger partial charge in [-0.1, -0.05) is 89.7 Å². The summed E-state index contributed by atoms with van der Waals surface area (Å²) < 4.78 is 9.94. The number of hydrogen-bond donors (Lipinski definition) is 0. The fraction of sp³-hybridized carbons (Fsp3) is 0.206. The van der Waals surface area contributed by atoms with E-state index in [-0.39, 0.29) is 12.2 Å². The first kappa shape index (κ1) is 26.7. The summed E-state index contributed by atoms with van der Waals surface area (Å²) in [4.78, 5) is 32.6. The number of ether oxygens (including phenoxy) is 1. The molecule has 6 nitrogen and oxygen atoms in total. The Morgan fingerprint density at radius 3 is 2.41 bits per heavy atom. The van der Waals surface area contributed by atoms with Gasteiger partial charge in [0.2, 0.25) is 0 Å². The topological polar surface area (TPSA) is 65.6 Å². The van der Waals surface area contributed by atoms with E-state index in [1.807, 2.05) is 62.4 Å². The maximum atomic E-state index is 14.1. The number of allylic oxidation sites excluding steroid dienone is 1. The first-order chi connectivity index (χ1) is 19.9. The maximum Gasteiger partial charge on any atom is 0.338 e. The summed E-state index contributed by atoms with van der Waals surface area (Å²) in [5.41, 5.74) is 7.15. The molecule has 0 unspecified atom stereocenters. The molecule has 0 amide bonds. The van der Waals surface area contributed by atoms with Crippen molar-refractivity contribution in [2.24, 2.45) is 4.99 Å². The van der Waals surface area contributed by atoms with Gasteiger partial charge in [0, 0.05) is 28.7 Å². The van der Waals surface area contributed by atoms with Crippen LogP contribution in [0.4, 0.5) is 0 Å². The first-order valence-corrected chi connectivity index (χ1v) is 14.6. The molecule has 7 heteroatoms. The largest absolute Gasteiger partial charge is 0.463 e. The standard InChI is InChI=1S/C34H31N3O3S/c1-5-40-33(39)30-22(3)35-34-37(31(30)25-17-15-21(2)16-18-25)32(38)29(41-34)19-27-23(4)36(20-24-11-7-6-8-12-24)28-14-10-9-13-26(27)28/h6-19,31H,5,20H2,1-4H3/b29-19+/t31-/m0/s1. The van der Waals surface area contributed by atoms with Crippen molar-refractivity contribution in [1.82, 2.24) is 9.13 Å². The molecule has 0 spiro atoms. The second-order valence-corrected chi connectivity index (χ2v) is 11.3. The Morgan fingerprint density at radius 2 is 1.68 bits per heavy atom. The van der Waals surface area contributed by atoms with Gasteiger partial charge in [0.05, 0.1) is 28.5 Å². The number of para-hydroxylation sites is 1. The molecule has 5 aromatic rings. The van der Waals surface area contributed by atoms with Crippen molar-refractivity contribution >= 4 is 34.3 Å². The number of aryl methyl sites for hydroxylation is 1. The normalized spacial score (nSPS) is 15.2. The van der Waals surface area contributed by atoms with Crippen molar-refractivity contribution in [1.29, 1.82) is 0 Å². The zero-order valence-corrected chi connectivity index (χ0v) is 24.4. The van der Waals surface area contributed by atoms with E-state index in [9.17, 15) is 9.59 Å². The third-order valence-electron chi connectivity index (χ3n) is 7.65. The molecule has 0 aliphatic carbocycles. The zero-order chi connectivity index (χ0) is 28.7. The van der Waals surface area contributed by atoms with Gasteiger partial charge in [-0.2, -0.15) is 0 Å². The van der Waals surface area contributed by atoms with Gasteiger partial charge < -0.3 is 9.30 Å². The quantitative estimate of drug-likeness (QED) is 0.260. The van der Waals surface area contributed by atoms with Crippen LogP contribution in [0, 0.1) is 13.8 Å². The Kier molecular flexibility index (Phi) is 7.05. The Labute approximate surface area is 242 Å². The molecule has 0 bridgehead atoms. The average Bonchev–Trinajstić information content (AvgIpc) is 3.42. The van der Waals surface area contributed by atoms with Crippen molar-refractivity contribution in [3.63, 3.8) is 0 Å². The molecule has 3 aromatic carbocycles. The van der Waals surface area contributed by atoms with Crippen LogP contribution < -0.4 is 14.9 Å². The van der Waals surface area contributed by atoms with Crippen molar-refractivity contribution in [2.75, 3.05) is 6.61 Å². The van der Waals surface area contributed by atoms with Crippen LogP contribution in [0.2, 0.25) is 0 Å². The van der Waals surface area contributed by atoms with Crippen LogP contribution in [-0.4, -0.2) is 21.7 Å². The van der Waals surface area contributed by atoms with Crippen molar-refractivity contribution in [3.05, 3.63) is 138 Å². The number of fused-ring (bicyclic) bond motifs is 2. The molecule has 0 saturated carbocycles. The highest BCUT2D eigenvalue weighted by molar-refractivity contribution is 7.07. The van der Waals surface area contributed by atoms with Gasteiger partial charge in [0.15, 0.2) is 4.80 Å². The molecule has 0 fully saturated rings. The molecule has 3 heterocycles. The maximum absolute atomic E-state index is 14.1. The highest BCUT2D eigenvalue weighted by Crippen LogP contribution is 2.31. The fourth-order valence-electron chi connectivity index (χ4n) is 5.60. The smallest absolute Gasteiger partial charge is 0.338 e. The summed E-state index contributed by atoms with van der Waals surface area (Å²) in [6.07, 6.45) is 1.98. The lowest BCUT2D eigenvalue weighted by molar-refractivity contribution is -0.139. The molecule has 206 valence electrons. The van der Waals surface area contributed by atoms with Crippen LogP contribution in [0.15, 0.2) is 99.9 Å². The van der Waals surface area contributed by atoms with E-state index in [0.717, 1.165) is 39.8 Å². The Morgan fingerprint density at radius 1 is 0.976 bits per heavy atom. The number of thiazole rings is 1. The number of benzene rings is 3. The summed E-state index contributed by atoms with van der Waals surface area (Å²) in [6.45, 7) is 8.68. The predicted octanol–water partition coefficient (Wildman–Crippen LogP) is 5.42. The molecule has 41 heavy (non-hydrogen) atoms. The van der Waals surface area contributed by atoms with E-state index in [1.54, 1.807) is 11.5 Å². The second-order valence-electron chi connectivity index (χ2n) is 10.3. The van der Waals surface area contributed by atoms with Gasteiger partial charge in [-0.25, -0.2) is 9.79 Å². The highest BCUT2D eigenvalue weighted by Gasteiger charge is 2.33. The van der Waals surface area contributed by atoms with E-state index in [0.29, 0.717) is 20.6 Å². The fourth-order valence-corrected chi connectivity index (χ4v) is 6.62. The summed E-state index contributed by atoms with van der Waals surface area (Å²) in [5.74, 6) is -0.451. The molecule has 0 N–H and O–H groups in total. The monoisotopic (exact) mass is 561 g/mol. The van der Waals surface area contributed by atoms with Crippen LogP contribution in [0.5, 0.6) is 0 Å². The van der Waals surface area contributed by atoms with E-state index in [1.165, 1.54) is 16.9 Å². The minimum absolute atomic E-state index is 0.173. The Balaban J connectivity index is 1.55. The molecule has 2 aromatic heterocycles. The van der Waals surface area contributed by atoms with E-state index in [2.05, 4.69) is 47.9 Å². The van der Waals surface area contributed by atoms with E-state index >= 15 is 0 Å². The van der Waals surface area contributed by atoms with Crippen molar-refractivity contribution in [2.45, 2.75) is 40.3 Å². The van der Waals surface area contributed by atoms with Gasteiger partial charge in [-0.05, 0) is 51.0 Å². The lowest BCUT2D eigenvalue weighted by Gasteiger charge is -2.24. The lowest BCUT2D eigenvalue weighted by atomic mass is 9.95. The minimum Gasteiger partial charge on any atom is -0.463 e. The summed E-state index contributed by atoms with van der Waals surface area (Å²) in [7, 11) is 0. The molecule has 6 rings (SSSR count). The SMILES string of the molecule is CCOC(=O)C1=C(C)N=c2s/c(=C/c3c(C)n(Cc4ccccc4)c4ccccc34)c(=O)n2[C@H]1c1ccc(C)cc1. The molecule has 1 aliphatic heterocycles. The third-order valence-corrected chi connectivity index (χ3v) is 8.63. The van der Waals surface area contributed by atoms with Gasteiger partial charge in [0.25, 0.3) is 5.56 Å².